The van der Waals surface area contributed by atoms with Crippen LogP contribution in [0.5, 0.6) is 0 Å². The van der Waals surface area contributed by atoms with Gasteiger partial charge in [0.2, 0.25) is 0 Å². The Bertz CT molecular complexity index is 535. The van der Waals surface area contributed by atoms with Crippen molar-refractivity contribution in [1.82, 2.24) is 0 Å². The van der Waals surface area contributed by atoms with Crippen molar-refractivity contribution >= 4 is 27.3 Å². The van der Waals surface area contributed by atoms with E-state index in [1.165, 1.54) is 44.9 Å². The van der Waals surface area contributed by atoms with Crippen LogP contribution in [0.2, 0.25) is 0 Å². The van der Waals surface area contributed by atoms with Crippen LogP contribution in [0.1, 0.15) is 44.9 Å². The third-order valence-electron chi connectivity index (χ3n) is 5.06. The smallest absolute Gasteiger partial charge is 0.270 e. The number of nitrogens with zero attached hydrogens (tertiary/aromatic N) is 1. The molecule has 3 rings (SSSR count). The number of halogens is 1. The van der Waals surface area contributed by atoms with Gasteiger partial charge in [0, 0.05) is 28.3 Å². The quantitative estimate of drug-likeness (QED) is 0.606. The maximum absolute atomic E-state index is 10.8. The number of nitro benzene ring substituents is 1. The van der Waals surface area contributed by atoms with Crippen LogP contribution in [0.3, 0.4) is 0 Å². The minimum Gasteiger partial charge on any atom is -0.381 e. The number of rotatable bonds is 3. The number of benzene rings is 1. The molecule has 0 amide bonds. The molecule has 1 N–H and O–H groups in total. The van der Waals surface area contributed by atoms with Crippen molar-refractivity contribution in [3.63, 3.8) is 0 Å². The van der Waals surface area contributed by atoms with Crippen LogP contribution < -0.4 is 5.32 Å². The summed E-state index contributed by atoms with van der Waals surface area (Å²) in [4.78, 5) is 10.4. The van der Waals surface area contributed by atoms with E-state index in [1.807, 2.05) is 6.07 Å². The molecule has 0 heterocycles. The van der Waals surface area contributed by atoms with Crippen molar-refractivity contribution in [2.45, 2.75) is 51.0 Å². The number of nitrogens with one attached hydrogen (secondary N) is 1. The van der Waals surface area contributed by atoms with Crippen molar-refractivity contribution in [2.75, 3.05) is 5.32 Å². The average molecular weight is 353 g/mol. The molecule has 21 heavy (non-hydrogen) atoms. The molecule has 1 aromatic rings. The van der Waals surface area contributed by atoms with Crippen molar-refractivity contribution in [3.8, 4) is 0 Å². The second-order valence-corrected chi connectivity index (χ2v) is 7.23. The zero-order valence-electron chi connectivity index (χ0n) is 12.1. The maximum atomic E-state index is 10.8. The van der Waals surface area contributed by atoms with E-state index in [9.17, 15) is 10.1 Å². The molecule has 1 aromatic carbocycles. The Balaban J connectivity index is 1.65. The van der Waals surface area contributed by atoms with Gasteiger partial charge in [0.25, 0.3) is 5.69 Å². The lowest BCUT2D eigenvalue weighted by atomic mass is 9.69. The fourth-order valence-corrected chi connectivity index (χ4v) is 4.44. The molecule has 3 atom stereocenters. The molecule has 0 aromatic heterocycles. The number of hydrogen-bond donors (Lipinski definition) is 1. The first-order valence-corrected chi connectivity index (χ1v) is 8.63. The molecule has 0 saturated heterocycles. The Morgan fingerprint density at radius 2 is 1.90 bits per heavy atom. The summed E-state index contributed by atoms with van der Waals surface area (Å²) in [5.74, 6) is 1.82. The van der Waals surface area contributed by atoms with E-state index in [4.69, 9.17) is 0 Å². The highest BCUT2D eigenvalue weighted by atomic mass is 79.9. The van der Waals surface area contributed by atoms with Gasteiger partial charge in [-0.25, -0.2) is 0 Å². The highest BCUT2D eigenvalue weighted by Crippen LogP contribution is 2.41. The van der Waals surface area contributed by atoms with E-state index < -0.39 is 0 Å². The summed E-state index contributed by atoms with van der Waals surface area (Å²) in [6.45, 7) is 0. The lowest BCUT2D eigenvalue weighted by Crippen LogP contribution is -2.34. The SMILES string of the molecule is O=[N+]([O-])c1ccc(NC2CCC3CCCCC3C2)c(Br)c1. The summed E-state index contributed by atoms with van der Waals surface area (Å²) in [5.41, 5.74) is 1.10. The van der Waals surface area contributed by atoms with Gasteiger partial charge in [-0.3, -0.25) is 10.1 Å². The van der Waals surface area contributed by atoms with Gasteiger partial charge >= 0.3 is 0 Å². The molecule has 0 aliphatic heterocycles. The van der Waals surface area contributed by atoms with Crippen LogP contribution in [-0.2, 0) is 0 Å². The number of non-ortho nitro benzene ring substituents is 1. The Morgan fingerprint density at radius 1 is 1.14 bits per heavy atom. The first kappa shape index (κ1) is 14.8. The van der Waals surface area contributed by atoms with Gasteiger partial charge in [0.05, 0.1) is 4.92 Å². The predicted octanol–water partition coefficient (Wildman–Crippen LogP) is 5.13. The summed E-state index contributed by atoms with van der Waals surface area (Å²) in [5, 5.41) is 14.4. The van der Waals surface area contributed by atoms with Gasteiger partial charge in [-0.2, -0.15) is 0 Å². The van der Waals surface area contributed by atoms with Crippen molar-refractivity contribution in [3.05, 3.63) is 32.8 Å². The Morgan fingerprint density at radius 3 is 2.62 bits per heavy atom. The van der Waals surface area contributed by atoms with Crippen LogP contribution in [-0.4, -0.2) is 11.0 Å². The first-order chi connectivity index (χ1) is 10.1. The summed E-state index contributed by atoms with van der Waals surface area (Å²) in [6.07, 6.45) is 9.37. The third-order valence-corrected chi connectivity index (χ3v) is 5.72. The monoisotopic (exact) mass is 352 g/mol. The molecule has 5 heteroatoms. The summed E-state index contributed by atoms with van der Waals surface area (Å²) in [6, 6.07) is 5.46. The minimum absolute atomic E-state index is 0.128. The molecule has 114 valence electrons. The molecule has 2 saturated carbocycles. The van der Waals surface area contributed by atoms with Crippen LogP contribution in [0, 0.1) is 22.0 Å². The lowest BCUT2D eigenvalue weighted by molar-refractivity contribution is -0.384. The molecule has 4 nitrogen and oxygen atoms in total. The summed E-state index contributed by atoms with van der Waals surface area (Å²) in [7, 11) is 0. The van der Waals surface area contributed by atoms with Gasteiger partial charge in [0.1, 0.15) is 0 Å². The normalized spacial score (nSPS) is 28.7. The molecule has 0 spiro atoms. The van der Waals surface area contributed by atoms with Crippen LogP contribution >= 0.6 is 15.9 Å². The Kier molecular flexibility index (Phi) is 4.48. The third kappa shape index (κ3) is 3.39. The molecule has 3 unspecified atom stereocenters. The highest BCUT2D eigenvalue weighted by Gasteiger charge is 2.32. The zero-order valence-corrected chi connectivity index (χ0v) is 13.6. The number of fused-ring (bicyclic) bond motifs is 1. The summed E-state index contributed by atoms with van der Waals surface area (Å²) >= 11 is 3.44. The van der Waals surface area contributed by atoms with E-state index in [0.29, 0.717) is 6.04 Å². The topological polar surface area (TPSA) is 55.2 Å². The second kappa shape index (κ2) is 6.34. The van der Waals surface area contributed by atoms with Crippen molar-refractivity contribution in [2.24, 2.45) is 11.8 Å². The molecular formula is C16H21BrN2O2. The molecule has 0 bridgehead atoms. The first-order valence-electron chi connectivity index (χ1n) is 7.84. The number of hydrogen-bond acceptors (Lipinski definition) is 3. The maximum Gasteiger partial charge on any atom is 0.270 e. The van der Waals surface area contributed by atoms with Gasteiger partial charge in [0.15, 0.2) is 0 Å². The molecule has 0 radical (unpaired) electrons. The van der Waals surface area contributed by atoms with Gasteiger partial charge in [-0.1, -0.05) is 25.7 Å². The van der Waals surface area contributed by atoms with E-state index >= 15 is 0 Å². The molecule has 2 fully saturated rings. The van der Waals surface area contributed by atoms with Crippen LogP contribution in [0.4, 0.5) is 11.4 Å². The molecule has 2 aliphatic carbocycles. The van der Waals surface area contributed by atoms with E-state index in [1.54, 1.807) is 12.1 Å². The largest absolute Gasteiger partial charge is 0.381 e. The van der Waals surface area contributed by atoms with E-state index in [-0.39, 0.29) is 10.6 Å². The van der Waals surface area contributed by atoms with E-state index in [0.717, 1.165) is 22.0 Å². The fraction of sp³-hybridized carbons (Fsp3) is 0.625. The van der Waals surface area contributed by atoms with Gasteiger partial charge < -0.3 is 5.32 Å². The van der Waals surface area contributed by atoms with Crippen molar-refractivity contribution < 1.29 is 4.92 Å². The molecule has 2 aliphatic rings. The Labute approximate surface area is 133 Å². The summed E-state index contributed by atoms with van der Waals surface area (Å²) < 4.78 is 0.780. The predicted molar refractivity (Wildman–Crippen MR) is 87.5 cm³/mol. The van der Waals surface area contributed by atoms with E-state index in [2.05, 4.69) is 21.2 Å². The van der Waals surface area contributed by atoms with Crippen LogP contribution in [0.15, 0.2) is 22.7 Å². The van der Waals surface area contributed by atoms with Crippen LogP contribution in [0.25, 0.3) is 0 Å². The second-order valence-electron chi connectivity index (χ2n) is 6.38. The molecular weight excluding hydrogens is 332 g/mol. The lowest BCUT2D eigenvalue weighted by Gasteiger charge is -2.39. The Hall–Kier alpha value is -1.10. The standard InChI is InChI=1S/C16H21BrN2O2/c17-15-10-14(19(20)21)7-8-16(15)18-13-6-5-11-3-1-2-4-12(11)9-13/h7-8,10-13,18H,1-6,9H2. The number of anilines is 1. The number of nitro groups is 1. The average Bonchev–Trinajstić information content (AvgIpc) is 2.49. The van der Waals surface area contributed by atoms with Gasteiger partial charge in [-0.15, -0.1) is 0 Å². The van der Waals surface area contributed by atoms with Gasteiger partial charge in [-0.05, 0) is 53.1 Å². The fourth-order valence-electron chi connectivity index (χ4n) is 3.96. The zero-order chi connectivity index (χ0) is 14.8. The van der Waals surface area contributed by atoms with Crippen molar-refractivity contribution in [1.29, 1.82) is 0 Å². The minimum atomic E-state index is -0.359. The highest BCUT2D eigenvalue weighted by molar-refractivity contribution is 9.10.